The fourth-order valence-corrected chi connectivity index (χ4v) is 3.41. The molecule has 1 aliphatic rings. The molecule has 0 saturated carbocycles. The van der Waals surface area contributed by atoms with Gasteiger partial charge in [-0.2, -0.15) is 4.31 Å². The van der Waals surface area contributed by atoms with Crippen LogP contribution in [0.25, 0.3) is 0 Å². The highest BCUT2D eigenvalue weighted by Gasteiger charge is 2.30. The third-order valence-electron chi connectivity index (χ3n) is 2.73. The Morgan fingerprint density at radius 3 is 2.29 bits per heavy atom. The highest BCUT2D eigenvalue weighted by atomic mass is 32.2. The Kier molecular flexibility index (Phi) is 3.05. The first-order valence-electron chi connectivity index (χ1n) is 5.17. The van der Waals surface area contributed by atoms with Gasteiger partial charge in [-0.3, -0.25) is 0 Å². The molecule has 1 fully saturated rings. The number of benzene rings is 1. The number of hydrogen-bond donors (Lipinski definition) is 1. The maximum absolute atomic E-state index is 13.5. The highest BCUT2D eigenvalue weighted by Crippen LogP contribution is 2.26. The van der Waals surface area contributed by atoms with Gasteiger partial charge in [0.05, 0.1) is 5.69 Å². The summed E-state index contributed by atoms with van der Waals surface area (Å²) in [6.07, 6.45) is 1.50. The zero-order valence-electron chi connectivity index (χ0n) is 8.99. The van der Waals surface area contributed by atoms with Gasteiger partial charge in [0.1, 0.15) is 16.5 Å². The number of nitrogen functional groups attached to an aromatic ring is 1. The molecule has 0 atom stereocenters. The average Bonchev–Trinajstić information content (AvgIpc) is 2.77. The van der Waals surface area contributed by atoms with E-state index in [0.29, 0.717) is 19.2 Å². The Morgan fingerprint density at radius 1 is 1.12 bits per heavy atom. The van der Waals surface area contributed by atoms with Crippen LogP contribution < -0.4 is 5.73 Å². The van der Waals surface area contributed by atoms with Gasteiger partial charge >= 0.3 is 0 Å². The molecule has 1 saturated heterocycles. The van der Waals surface area contributed by atoms with Crippen molar-refractivity contribution in [3.63, 3.8) is 0 Å². The fraction of sp³-hybridized carbons (Fsp3) is 0.400. The minimum absolute atomic E-state index is 0.360. The van der Waals surface area contributed by atoms with E-state index in [1.807, 2.05) is 0 Å². The first-order valence-corrected chi connectivity index (χ1v) is 6.61. The van der Waals surface area contributed by atoms with Crippen molar-refractivity contribution < 1.29 is 17.2 Å². The zero-order valence-corrected chi connectivity index (χ0v) is 9.80. The molecule has 2 N–H and O–H groups in total. The Labute approximate surface area is 98.1 Å². The SMILES string of the molecule is Nc1cc(S(=O)(=O)N2CCCC2)c(F)cc1F. The molecule has 1 aromatic carbocycles. The van der Waals surface area contributed by atoms with Gasteiger partial charge in [-0.25, -0.2) is 17.2 Å². The van der Waals surface area contributed by atoms with E-state index in [-0.39, 0.29) is 5.69 Å². The average molecular weight is 262 g/mol. The molecule has 0 spiro atoms. The summed E-state index contributed by atoms with van der Waals surface area (Å²) in [5.41, 5.74) is 4.89. The van der Waals surface area contributed by atoms with E-state index in [1.165, 1.54) is 4.31 Å². The normalized spacial score (nSPS) is 17.5. The minimum Gasteiger partial charge on any atom is -0.396 e. The molecule has 0 bridgehead atoms. The predicted octanol–water partition coefficient (Wildman–Crippen LogP) is 1.33. The summed E-state index contributed by atoms with van der Waals surface area (Å²) < 4.78 is 51.7. The summed E-state index contributed by atoms with van der Waals surface area (Å²) in [4.78, 5) is -0.557. The molecule has 94 valence electrons. The number of nitrogens with zero attached hydrogens (tertiary/aromatic N) is 1. The lowest BCUT2D eigenvalue weighted by atomic mass is 10.3. The van der Waals surface area contributed by atoms with Crippen LogP contribution in [0.1, 0.15) is 12.8 Å². The second kappa shape index (κ2) is 4.23. The van der Waals surface area contributed by atoms with Crippen molar-refractivity contribution in [1.82, 2.24) is 4.31 Å². The lowest BCUT2D eigenvalue weighted by Gasteiger charge is -2.16. The maximum atomic E-state index is 13.5. The molecule has 0 aliphatic carbocycles. The third-order valence-corrected chi connectivity index (χ3v) is 4.65. The summed E-state index contributed by atoms with van der Waals surface area (Å²) in [5, 5.41) is 0. The predicted molar refractivity (Wildman–Crippen MR) is 58.8 cm³/mol. The highest BCUT2D eigenvalue weighted by molar-refractivity contribution is 7.89. The van der Waals surface area contributed by atoms with Crippen LogP contribution in [-0.4, -0.2) is 25.8 Å². The third kappa shape index (κ3) is 2.12. The molecule has 0 radical (unpaired) electrons. The van der Waals surface area contributed by atoms with Crippen molar-refractivity contribution in [2.75, 3.05) is 18.8 Å². The molecule has 0 amide bonds. The zero-order chi connectivity index (χ0) is 12.6. The van der Waals surface area contributed by atoms with Gasteiger partial charge in [0, 0.05) is 19.2 Å². The topological polar surface area (TPSA) is 63.4 Å². The summed E-state index contributed by atoms with van der Waals surface area (Å²) in [7, 11) is -3.90. The van der Waals surface area contributed by atoms with Gasteiger partial charge in [-0.05, 0) is 18.9 Å². The molecule has 4 nitrogen and oxygen atoms in total. The van der Waals surface area contributed by atoms with Gasteiger partial charge in [-0.1, -0.05) is 0 Å². The molecule has 1 heterocycles. The lowest BCUT2D eigenvalue weighted by molar-refractivity contribution is 0.468. The van der Waals surface area contributed by atoms with E-state index in [9.17, 15) is 17.2 Å². The van der Waals surface area contributed by atoms with Crippen LogP contribution in [0.2, 0.25) is 0 Å². The number of rotatable bonds is 2. The van der Waals surface area contributed by atoms with Crippen LogP contribution in [0.5, 0.6) is 0 Å². The Balaban J connectivity index is 2.49. The Hall–Kier alpha value is -1.21. The van der Waals surface area contributed by atoms with E-state index in [4.69, 9.17) is 5.73 Å². The van der Waals surface area contributed by atoms with Gasteiger partial charge in [0.25, 0.3) is 0 Å². The van der Waals surface area contributed by atoms with Crippen LogP contribution >= 0.6 is 0 Å². The van der Waals surface area contributed by atoms with E-state index < -0.39 is 26.6 Å². The minimum atomic E-state index is -3.90. The van der Waals surface area contributed by atoms with E-state index in [2.05, 4.69) is 0 Å². The smallest absolute Gasteiger partial charge is 0.246 e. The largest absolute Gasteiger partial charge is 0.396 e. The van der Waals surface area contributed by atoms with Gasteiger partial charge in [0.2, 0.25) is 10.0 Å². The monoisotopic (exact) mass is 262 g/mol. The summed E-state index contributed by atoms with van der Waals surface area (Å²) in [6.45, 7) is 0.720. The molecule has 7 heteroatoms. The molecule has 1 aliphatic heterocycles. The number of anilines is 1. The van der Waals surface area contributed by atoms with Crippen LogP contribution in [0.4, 0.5) is 14.5 Å². The van der Waals surface area contributed by atoms with Crippen LogP contribution in [0, 0.1) is 11.6 Å². The molecule has 0 unspecified atom stereocenters. The Bertz CT molecular complexity index is 539. The summed E-state index contributed by atoms with van der Waals surface area (Å²) in [5.74, 6) is -2.06. The van der Waals surface area contributed by atoms with Crippen molar-refractivity contribution in [3.8, 4) is 0 Å². The van der Waals surface area contributed by atoms with Crippen molar-refractivity contribution in [1.29, 1.82) is 0 Å². The molecule has 17 heavy (non-hydrogen) atoms. The molecular formula is C10H12F2N2O2S. The first-order chi connectivity index (χ1) is 7.93. The fourth-order valence-electron chi connectivity index (χ4n) is 1.81. The number of nitrogens with two attached hydrogens (primary N) is 1. The van der Waals surface area contributed by atoms with Crippen LogP contribution in [0.15, 0.2) is 17.0 Å². The van der Waals surface area contributed by atoms with Gasteiger partial charge in [0.15, 0.2) is 0 Å². The van der Waals surface area contributed by atoms with Gasteiger partial charge in [-0.15, -0.1) is 0 Å². The number of halogens is 2. The molecular weight excluding hydrogens is 250 g/mol. The van der Waals surface area contributed by atoms with E-state index in [0.717, 1.165) is 18.9 Å². The Morgan fingerprint density at radius 2 is 1.71 bits per heavy atom. The number of sulfonamides is 1. The molecule has 2 rings (SSSR count). The van der Waals surface area contributed by atoms with Crippen molar-refractivity contribution >= 4 is 15.7 Å². The maximum Gasteiger partial charge on any atom is 0.246 e. The summed E-state index contributed by atoms with van der Waals surface area (Å²) >= 11 is 0. The van der Waals surface area contributed by atoms with E-state index in [1.54, 1.807) is 0 Å². The van der Waals surface area contributed by atoms with Crippen molar-refractivity contribution in [3.05, 3.63) is 23.8 Å². The second-order valence-electron chi connectivity index (χ2n) is 3.92. The van der Waals surface area contributed by atoms with Crippen molar-refractivity contribution in [2.45, 2.75) is 17.7 Å². The first kappa shape index (κ1) is 12.3. The quantitative estimate of drug-likeness (QED) is 0.818. The van der Waals surface area contributed by atoms with Crippen molar-refractivity contribution in [2.24, 2.45) is 0 Å². The molecule has 0 aromatic heterocycles. The summed E-state index contributed by atoms with van der Waals surface area (Å²) in [6, 6.07) is 1.33. The second-order valence-corrected chi connectivity index (χ2v) is 5.82. The van der Waals surface area contributed by atoms with Crippen LogP contribution in [0.3, 0.4) is 0 Å². The van der Waals surface area contributed by atoms with Gasteiger partial charge < -0.3 is 5.73 Å². The lowest BCUT2D eigenvalue weighted by Crippen LogP contribution is -2.28. The molecule has 1 aromatic rings. The number of hydrogen-bond acceptors (Lipinski definition) is 3. The standard InChI is InChI=1S/C10H12F2N2O2S/c11-7-5-8(12)10(6-9(7)13)17(15,16)14-3-1-2-4-14/h5-6H,1-4,13H2. The van der Waals surface area contributed by atoms with Crippen LogP contribution in [-0.2, 0) is 10.0 Å². The van der Waals surface area contributed by atoms with E-state index >= 15 is 0 Å².